The maximum absolute atomic E-state index is 13.9. The van der Waals surface area contributed by atoms with E-state index in [1.54, 1.807) is 18.2 Å². The van der Waals surface area contributed by atoms with Crippen LogP contribution >= 0.6 is 0 Å². The molecule has 3 aromatic rings. The number of aromatic nitrogens is 5. The number of sulfone groups is 1. The number of fused-ring (bicyclic) bond motifs is 1. The number of halogens is 2. The van der Waals surface area contributed by atoms with Crippen molar-refractivity contribution < 1.29 is 17.2 Å². The average Bonchev–Trinajstić information content (AvgIpc) is 3.22. The van der Waals surface area contributed by atoms with Gasteiger partial charge >= 0.3 is 0 Å². The molecule has 1 aliphatic rings. The summed E-state index contributed by atoms with van der Waals surface area (Å²) in [4.78, 5) is 10.7. The molecule has 1 aromatic carbocycles. The fraction of sp³-hybridized carbons (Fsp3) is 0.500. The molecule has 12 heteroatoms. The molecule has 9 nitrogen and oxygen atoms in total. The summed E-state index contributed by atoms with van der Waals surface area (Å²) in [6.07, 6.45) is 0.876. The molecule has 2 aromatic heterocycles. The highest BCUT2D eigenvalue weighted by atomic mass is 32.2. The second-order valence-electron chi connectivity index (χ2n) is 9.07. The van der Waals surface area contributed by atoms with Crippen LogP contribution in [0.2, 0.25) is 0 Å². The van der Waals surface area contributed by atoms with E-state index in [2.05, 4.69) is 25.6 Å². The number of hydrogen-bond acceptors (Lipinski definition) is 8. The van der Waals surface area contributed by atoms with Gasteiger partial charge in [0.2, 0.25) is 5.95 Å². The number of nitrogens with one attached hydrogen (secondary N) is 1. The average molecular weight is 466 g/mol. The van der Waals surface area contributed by atoms with E-state index in [0.29, 0.717) is 16.7 Å². The molecule has 1 fully saturated rings. The summed E-state index contributed by atoms with van der Waals surface area (Å²) in [7, 11) is -3.45. The van der Waals surface area contributed by atoms with Gasteiger partial charge in [0, 0.05) is 24.8 Å². The van der Waals surface area contributed by atoms with Crippen LogP contribution in [0, 0.1) is 0 Å². The summed E-state index contributed by atoms with van der Waals surface area (Å²) in [5.41, 5.74) is 0.778. The standard InChI is InChI=1S/C20H25F2N7O2S/c1-19(2,3)25-18-23-16(28-10-9-20(21,22)12-28)15-17(24-18)29(27-26-15)11-13-7-5-6-8-14(13)32(4,30)31/h5-8H,9-12H2,1-4H3,(H,23,24,25). The van der Waals surface area contributed by atoms with E-state index in [9.17, 15) is 17.2 Å². The van der Waals surface area contributed by atoms with Gasteiger partial charge < -0.3 is 10.2 Å². The predicted octanol–water partition coefficient (Wildman–Crippen LogP) is 2.73. The molecule has 0 saturated carbocycles. The molecule has 0 bridgehead atoms. The molecule has 32 heavy (non-hydrogen) atoms. The summed E-state index contributed by atoms with van der Waals surface area (Å²) in [5, 5.41) is 11.5. The Hall–Kier alpha value is -2.89. The minimum Gasteiger partial charge on any atom is -0.350 e. The van der Waals surface area contributed by atoms with Crippen molar-refractivity contribution in [2.24, 2.45) is 0 Å². The van der Waals surface area contributed by atoms with Crippen LogP contribution in [0.1, 0.15) is 32.8 Å². The maximum atomic E-state index is 13.9. The van der Waals surface area contributed by atoms with Gasteiger partial charge in [-0.15, -0.1) is 5.10 Å². The largest absolute Gasteiger partial charge is 0.350 e. The zero-order valence-corrected chi connectivity index (χ0v) is 19.1. The zero-order chi connectivity index (χ0) is 23.3. The van der Waals surface area contributed by atoms with Gasteiger partial charge in [-0.3, -0.25) is 0 Å². The third kappa shape index (κ3) is 4.64. The normalized spacial score (nSPS) is 16.6. The zero-order valence-electron chi connectivity index (χ0n) is 18.3. The number of hydrogen-bond donors (Lipinski definition) is 1. The molecule has 1 aliphatic heterocycles. The first kappa shape index (κ1) is 22.3. The van der Waals surface area contributed by atoms with E-state index in [0.717, 1.165) is 6.26 Å². The summed E-state index contributed by atoms with van der Waals surface area (Å²) in [6, 6.07) is 6.62. The molecule has 172 valence electrons. The number of alkyl halides is 2. The van der Waals surface area contributed by atoms with Crippen molar-refractivity contribution in [2.75, 3.05) is 29.6 Å². The monoisotopic (exact) mass is 465 g/mol. The number of nitrogens with zero attached hydrogens (tertiary/aromatic N) is 6. The summed E-state index contributed by atoms with van der Waals surface area (Å²) in [6.45, 7) is 5.57. The fourth-order valence-electron chi connectivity index (χ4n) is 3.63. The van der Waals surface area contributed by atoms with Gasteiger partial charge in [0.1, 0.15) is 0 Å². The van der Waals surface area contributed by atoms with Crippen LogP contribution in [0.15, 0.2) is 29.2 Å². The third-order valence-electron chi connectivity index (χ3n) is 4.99. The van der Waals surface area contributed by atoms with E-state index >= 15 is 0 Å². The molecule has 0 unspecified atom stereocenters. The van der Waals surface area contributed by atoms with Crippen LogP contribution in [-0.2, 0) is 16.4 Å². The van der Waals surface area contributed by atoms with Crippen LogP contribution in [0.4, 0.5) is 20.5 Å². The van der Waals surface area contributed by atoms with Crippen LogP contribution in [-0.4, -0.2) is 64.2 Å². The molecular weight excluding hydrogens is 440 g/mol. The topological polar surface area (TPSA) is 106 Å². The molecule has 0 aliphatic carbocycles. The van der Waals surface area contributed by atoms with Crippen molar-refractivity contribution in [1.29, 1.82) is 0 Å². The second kappa shape index (κ2) is 7.61. The fourth-order valence-corrected chi connectivity index (χ4v) is 4.57. The highest BCUT2D eigenvalue weighted by Crippen LogP contribution is 2.33. The Kier molecular flexibility index (Phi) is 5.30. The smallest absolute Gasteiger partial charge is 0.266 e. The Labute approximate surface area is 184 Å². The van der Waals surface area contributed by atoms with Crippen molar-refractivity contribution in [2.45, 2.75) is 50.1 Å². The van der Waals surface area contributed by atoms with Crippen LogP contribution < -0.4 is 10.2 Å². The minimum absolute atomic E-state index is 0.0985. The molecule has 0 atom stereocenters. The van der Waals surface area contributed by atoms with Gasteiger partial charge in [0.25, 0.3) is 5.92 Å². The van der Waals surface area contributed by atoms with E-state index < -0.39 is 22.3 Å². The van der Waals surface area contributed by atoms with Gasteiger partial charge in [-0.05, 0) is 32.4 Å². The first-order chi connectivity index (χ1) is 14.8. The second-order valence-corrected chi connectivity index (χ2v) is 11.1. The van der Waals surface area contributed by atoms with Crippen LogP contribution in [0.25, 0.3) is 11.2 Å². The van der Waals surface area contributed by atoms with Gasteiger partial charge in [0.05, 0.1) is 18.0 Å². The molecule has 0 radical (unpaired) electrons. The Bertz CT molecular complexity index is 1270. The Morgan fingerprint density at radius 1 is 1.19 bits per heavy atom. The predicted molar refractivity (Wildman–Crippen MR) is 117 cm³/mol. The summed E-state index contributed by atoms with van der Waals surface area (Å²) < 4.78 is 53.6. The number of rotatable bonds is 5. The van der Waals surface area contributed by atoms with Crippen molar-refractivity contribution in [3.8, 4) is 0 Å². The van der Waals surface area contributed by atoms with Gasteiger partial charge in [-0.25, -0.2) is 21.9 Å². The minimum atomic E-state index is -3.45. The SMILES string of the molecule is CC(C)(C)Nc1nc(N2CCC(F)(F)C2)c2nnn(Cc3ccccc3S(C)(=O)=O)c2n1. The highest BCUT2D eigenvalue weighted by molar-refractivity contribution is 7.90. The molecule has 0 amide bonds. The van der Waals surface area contributed by atoms with E-state index in [-0.39, 0.29) is 41.7 Å². The van der Waals surface area contributed by atoms with E-state index in [1.165, 1.54) is 15.6 Å². The van der Waals surface area contributed by atoms with Crippen LogP contribution in [0.5, 0.6) is 0 Å². The lowest BCUT2D eigenvalue weighted by Crippen LogP contribution is -2.29. The first-order valence-electron chi connectivity index (χ1n) is 10.1. The van der Waals surface area contributed by atoms with Gasteiger partial charge in [0.15, 0.2) is 26.8 Å². The lowest BCUT2D eigenvalue weighted by Gasteiger charge is -2.23. The summed E-state index contributed by atoms with van der Waals surface area (Å²) in [5.74, 6) is -2.27. The highest BCUT2D eigenvalue weighted by Gasteiger charge is 2.40. The lowest BCUT2D eigenvalue weighted by atomic mass is 10.1. The molecule has 3 heterocycles. The Morgan fingerprint density at radius 2 is 1.91 bits per heavy atom. The molecule has 4 rings (SSSR count). The van der Waals surface area contributed by atoms with Gasteiger partial charge in [-0.1, -0.05) is 23.4 Å². The maximum Gasteiger partial charge on any atom is 0.266 e. The van der Waals surface area contributed by atoms with Crippen molar-refractivity contribution >= 4 is 32.8 Å². The molecule has 1 saturated heterocycles. The number of anilines is 2. The van der Waals surface area contributed by atoms with E-state index in [4.69, 9.17) is 0 Å². The quantitative estimate of drug-likeness (QED) is 0.613. The Balaban J connectivity index is 1.82. The van der Waals surface area contributed by atoms with Crippen molar-refractivity contribution in [3.63, 3.8) is 0 Å². The molecular formula is C20H25F2N7O2S. The van der Waals surface area contributed by atoms with Crippen molar-refractivity contribution in [1.82, 2.24) is 25.0 Å². The van der Waals surface area contributed by atoms with Crippen molar-refractivity contribution in [3.05, 3.63) is 29.8 Å². The van der Waals surface area contributed by atoms with E-state index in [1.807, 2.05) is 20.8 Å². The first-order valence-corrected chi connectivity index (χ1v) is 12.0. The Morgan fingerprint density at radius 3 is 2.53 bits per heavy atom. The summed E-state index contributed by atoms with van der Waals surface area (Å²) >= 11 is 0. The third-order valence-corrected chi connectivity index (χ3v) is 6.19. The van der Waals surface area contributed by atoms with Gasteiger partial charge in [-0.2, -0.15) is 9.97 Å². The molecule has 1 N–H and O–H groups in total. The number of benzene rings is 1. The lowest BCUT2D eigenvalue weighted by molar-refractivity contribution is 0.0257. The molecule has 0 spiro atoms. The van der Waals surface area contributed by atoms with Crippen LogP contribution in [0.3, 0.4) is 0 Å².